The van der Waals surface area contributed by atoms with E-state index in [1.54, 1.807) is 11.0 Å². The molecular formula is C21H29BN4O4. The molecule has 4 N–H and O–H groups in total. The molecule has 160 valence electrons. The zero-order chi connectivity index (χ0) is 22.1. The molecule has 1 saturated heterocycles. The Morgan fingerprint density at radius 2 is 2.03 bits per heavy atom. The first kappa shape index (κ1) is 23.5. The molecule has 1 fully saturated rings. The number of carbonyl (C=O) groups excluding carboxylic acids is 2. The molecule has 8 nitrogen and oxygen atoms in total. The normalized spacial score (nSPS) is 17.4. The second kappa shape index (κ2) is 11.4. The van der Waals surface area contributed by atoms with Gasteiger partial charge in [-0.15, -0.1) is 0 Å². The Morgan fingerprint density at radius 3 is 2.63 bits per heavy atom. The standard InChI is InChI=1S/C21H29BN4O4/c1-15(2)11-17(13-23)20(27)26-10-6-9-18(26)14-24-21(28)25-19(22(29)30)12-16-7-4-3-5-8-16/h3-5,7-8,11,15,18-19,29-30H,6,9-10,12,14H2,1-2H3,(H2,24,25,28)/t18?,19-/m0/s1. The first-order valence-electron chi connectivity index (χ1n) is 10.2. The van der Waals surface area contributed by atoms with Crippen molar-refractivity contribution in [3.8, 4) is 6.07 Å². The minimum atomic E-state index is -1.71. The van der Waals surface area contributed by atoms with E-state index in [1.165, 1.54) is 0 Å². The van der Waals surface area contributed by atoms with E-state index in [0.29, 0.717) is 6.54 Å². The lowest BCUT2D eigenvalue weighted by Crippen LogP contribution is -2.53. The number of nitrogens with one attached hydrogen (secondary N) is 2. The highest BCUT2D eigenvalue weighted by molar-refractivity contribution is 6.43. The second-order valence-corrected chi connectivity index (χ2v) is 7.79. The maximum Gasteiger partial charge on any atom is 0.475 e. The van der Waals surface area contributed by atoms with E-state index in [0.717, 1.165) is 18.4 Å². The molecule has 1 unspecified atom stereocenters. The van der Waals surface area contributed by atoms with Gasteiger partial charge in [0.25, 0.3) is 5.91 Å². The number of hydrogen-bond acceptors (Lipinski definition) is 5. The number of amides is 3. The predicted molar refractivity (Wildman–Crippen MR) is 114 cm³/mol. The van der Waals surface area contributed by atoms with E-state index in [2.05, 4.69) is 10.6 Å². The lowest BCUT2D eigenvalue weighted by Gasteiger charge is -2.25. The molecule has 0 radical (unpaired) electrons. The van der Waals surface area contributed by atoms with Crippen molar-refractivity contribution >= 4 is 19.1 Å². The summed E-state index contributed by atoms with van der Waals surface area (Å²) in [5.41, 5.74) is 0.983. The van der Waals surface area contributed by atoms with Gasteiger partial charge in [-0.3, -0.25) is 4.79 Å². The number of urea groups is 1. The summed E-state index contributed by atoms with van der Waals surface area (Å²) in [7, 11) is -1.71. The molecule has 2 rings (SSSR count). The van der Waals surface area contributed by atoms with E-state index in [9.17, 15) is 24.9 Å². The van der Waals surface area contributed by atoms with E-state index in [-0.39, 0.29) is 36.4 Å². The smallest absolute Gasteiger partial charge is 0.426 e. The van der Waals surface area contributed by atoms with Gasteiger partial charge in [0, 0.05) is 19.1 Å². The minimum absolute atomic E-state index is 0.0833. The van der Waals surface area contributed by atoms with Crippen molar-refractivity contribution in [2.24, 2.45) is 5.92 Å². The molecule has 0 aromatic heterocycles. The van der Waals surface area contributed by atoms with Crippen LogP contribution in [0.15, 0.2) is 42.0 Å². The van der Waals surface area contributed by atoms with Crippen LogP contribution in [0.25, 0.3) is 0 Å². The molecule has 9 heteroatoms. The van der Waals surface area contributed by atoms with Crippen LogP contribution in [0.2, 0.25) is 0 Å². The van der Waals surface area contributed by atoms with Crippen LogP contribution in [0, 0.1) is 17.2 Å². The minimum Gasteiger partial charge on any atom is -0.426 e. The molecule has 1 aliphatic rings. The van der Waals surface area contributed by atoms with Gasteiger partial charge in [0.1, 0.15) is 11.6 Å². The molecule has 0 spiro atoms. The summed E-state index contributed by atoms with van der Waals surface area (Å²) in [6.07, 6.45) is 3.44. The zero-order valence-electron chi connectivity index (χ0n) is 17.4. The molecule has 1 aromatic rings. The Morgan fingerprint density at radius 1 is 1.33 bits per heavy atom. The second-order valence-electron chi connectivity index (χ2n) is 7.79. The van der Waals surface area contributed by atoms with Crippen LogP contribution in [0.4, 0.5) is 4.79 Å². The third kappa shape index (κ3) is 6.90. The number of hydrogen-bond donors (Lipinski definition) is 4. The van der Waals surface area contributed by atoms with Gasteiger partial charge in [-0.05, 0) is 30.7 Å². The van der Waals surface area contributed by atoms with E-state index in [1.807, 2.05) is 50.2 Å². The predicted octanol–water partition coefficient (Wildman–Crippen LogP) is 1.01. The Kier molecular flexibility index (Phi) is 8.90. The zero-order valence-corrected chi connectivity index (χ0v) is 17.4. The number of carbonyl (C=O) groups is 2. The van der Waals surface area contributed by atoms with Crippen LogP contribution in [-0.4, -0.2) is 59.1 Å². The Hall–Kier alpha value is -2.83. The Labute approximate surface area is 177 Å². The monoisotopic (exact) mass is 412 g/mol. The van der Waals surface area contributed by atoms with Gasteiger partial charge in [0.15, 0.2) is 0 Å². The van der Waals surface area contributed by atoms with E-state index < -0.39 is 19.1 Å². The number of nitrogens with zero attached hydrogens (tertiary/aromatic N) is 2. The highest BCUT2D eigenvalue weighted by atomic mass is 16.4. The molecule has 2 atom stereocenters. The molecule has 0 aliphatic carbocycles. The molecule has 3 amide bonds. The van der Waals surface area contributed by atoms with Crippen LogP contribution in [-0.2, 0) is 11.2 Å². The third-order valence-electron chi connectivity index (χ3n) is 4.96. The van der Waals surface area contributed by atoms with Gasteiger partial charge in [0.05, 0.1) is 5.94 Å². The van der Waals surface area contributed by atoms with Crippen LogP contribution in [0.1, 0.15) is 32.3 Å². The fourth-order valence-corrected chi connectivity index (χ4v) is 3.49. The van der Waals surface area contributed by atoms with Crippen molar-refractivity contribution < 1.29 is 19.6 Å². The number of allylic oxidation sites excluding steroid dienone is 1. The summed E-state index contributed by atoms with van der Waals surface area (Å²) in [6, 6.07) is 10.4. The third-order valence-corrected chi connectivity index (χ3v) is 4.96. The Bertz CT molecular complexity index is 792. The van der Waals surface area contributed by atoms with Crippen LogP contribution >= 0.6 is 0 Å². The van der Waals surface area contributed by atoms with Crippen molar-refractivity contribution in [3.05, 3.63) is 47.5 Å². The maximum absolute atomic E-state index is 12.7. The average Bonchev–Trinajstić information content (AvgIpc) is 3.18. The van der Waals surface area contributed by atoms with Crippen molar-refractivity contribution in [2.75, 3.05) is 13.1 Å². The molecule has 0 saturated carbocycles. The number of nitriles is 1. The lowest BCUT2D eigenvalue weighted by molar-refractivity contribution is -0.127. The highest BCUT2D eigenvalue weighted by Crippen LogP contribution is 2.19. The summed E-state index contributed by atoms with van der Waals surface area (Å²) >= 11 is 0. The topological polar surface area (TPSA) is 126 Å². The summed E-state index contributed by atoms with van der Waals surface area (Å²) < 4.78 is 0. The van der Waals surface area contributed by atoms with Gasteiger partial charge in [-0.25, -0.2) is 4.79 Å². The number of rotatable bonds is 8. The summed E-state index contributed by atoms with van der Waals surface area (Å²) in [5.74, 6) is -1.10. The SMILES string of the molecule is CC(C)C=C(C#N)C(=O)N1CCCC1CNC(=O)N[C@@H](Cc1ccccc1)B(O)O. The van der Waals surface area contributed by atoms with Gasteiger partial charge in [0.2, 0.25) is 0 Å². The summed E-state index contributed by atoms with van der Waals surface area (Å²) in [5, 5.41) is 33.8. The van der Waals surface area contributed by atoms with Crippen molar-refractivity contribution in [1.82, 2.24) is 15.5 Å². The molecule has 1 aromatic carbocycles. The Balaban J connectivity index is 1.92. The van der Waals surface area contributed by atoms with Crippen LogP contribution in [0.3, 0.4) is 0 Å². The first-order valence-corrected chi connectivity index (χ1v) is 10.2. The largest absolute Gasteiger partial charge is 0.475 e. The number of benzene rings is 1. The molecule has 0 bridgehead atoms. The maximum atomic E-state index is 12.7. The molecule has 1 aliphatic heterocycles. The quantitative estimate of drug-likeness (QED) is 0.288. The molecule has 1 heterocycles. The number of likely N-dealkylation sites (tertiary alicyclic amines) is 1. The van der Waals surface area contributed by atoms with Crippen molar-refractivity contribution in [1.29, 1.82) is 5.26 Å². The van der Waals surface area contributed by atoms with Crippen LogP contribution in [0.5, 0.6) is 0 Å². The fourth-order valence-electron chi connectivity index (χ4n) is 3.49. The van der Waals surface area contributed by atoms with E-state index in [4.69, 9.17) is 0 Å². The van der Waals surface area contributed by atoms with Crippen molar-refractivity contribution in [2.45, 2.75) is 45.1 Å². The fraction of sp³-hybridized carbons (Fsp3) is 0.476. The van der Waals surface area contributed by atoms with Gasteiger partial charge in [-0.1, -0.05) is 50.3 Å². The van der Waals surface area contributed by atoms with E-state index >= 15 is 0 Å². The molecular weight excluding hydrogens is 383 g/mol. The van der Waals surface area contributed by atoms with Gasteiger partial charge < -0.3 is 25.6 Å². The highest BCUT2D eigenvalue weighted by Gasteiger charge is 2.31. The first-order chi connectivity index (χ1) is 14.3. The average molecular weight is 412 g/mol. The lowest BCUT2D eigenvalue weighted by atomic mass is 9.76. The van der Waals surface area contributed by atoms with Crippen molar-refractivity contribution in [3.63, 3.8) is 0 Å². The van der Waals surface area contributed by atoms with Crippen LogP contribution < -0.4 is 10.6 Å². The summed E-state index contributed by atoms with van der Waals surface area (Å²) in [4.78, 5) is 26.6. The molecule has 30 heavy (non-hydrogen) atoms. The summed E-state index contributed by atoms with van der Waals surface area (Å²) in [6.45, 7) is 4.56. The van der Waals surface area contributed by atoms with Gasteiger partial charge >= 0.3 is 13.1 Å². The van der Waals surface area contributed by atoms with Gasteiger partial charge in [-0.2, -0.15) is 5.26 Å².